The molecule has 7 nitrogen and oxygen atoms in total. The van der Waals surface area contributed by atoms with Crippen LogP contribution in [-0.4, -0.2) is 31.3 Å². The number of nitrogens with one attached hydrogen (secondary N) is 1. The van der Waals surface area contributed by atoms with Gasteiger partial charge < -0.3 is 4.74 Å². The van der Waals surface area contributed by atoms with E-state index in [1.165, 1.54) is 30.6 Å². The van der Waals surface area contributed by atoms with Gasteiger partial charge in [0.15, 0.2) is 0 Å². The van der Waals surface area contributed by atoms with Gasteiger partial charge in [-0.1, -0.05) is 23.2 Å². The first-order valence-electron chi connectivity index (χ1n) is 9.38. The lowest BCUT2D eigenvalue weighted by atomic mass is 10.0. The maximum atomic E-state index is 13.2. The van der Waals surface area contributed by atoms with Crippen molar-refractivity contribution in [3.05, 3.63) is 86.9 Å². The van der Waals surface area contributed by atoms with Crippen molar-refractivity contribution < 1.29 is 31.1 Å². The van der Waals surface area contributed by atoms with Crippen LogP contribution in [0.3, 0.4) is 0 Å². The van der Waals surface area contributed by atoms with E-state index in [0.717, 1.165) is 19.2 Å². The Kier molecular flexibility index (Phi) is 7.63. The Morgan fingerprint density at radius 2 is 1.82 bits per heavy atom. The van der Waals surface area contributed by atoms with E-state index in [9.17, 15) is 26.4 Å². The lowest BCUT2D eigenvalue weighted by Gasteiger charge is -2.20. The summed E-state index contributed by atoms with van der Waals surface area (Å²) in [7, 11) is -3.43. The lowest BCUT2D eigenvalue weighted by Crippen LogP contribution is -2.31. The second-order valence-corrected chi connectivity index (χ2v) is 9.54. The van der Waals surface area contributed by atoms with Crippen molar-refractivity contribution in [2.24, 2.45) is 0 Å². The molecule has 0 saturated carbocycles. The number of benzene rings is 1. The monoisotopic (exact) mass is 533 g/mol. The van der Waals surface area contributed by atoms with Crippen LogP contribution in [0.1, 0.15) is 39.1 Å². The highest BCUT2D eigenvalue weighted by molar-refractivity contribution is 7.89. The van der Waals surface area contributed by atoms with E-state index in [1.54, 1.807) is 6.92 Å². The molecule has 0 spiro atoms. The molecule has 0 aliphatic carbocycles. The average molecular weight is 534 g/mol. The van der Waals surface area contributed by atoms with Crippen LogP contribution < -0.4 is 4.72 Å². The molecule has 2 aromatic heterocycles. The number of aromatic nitrogens is 2. The molecular formula is C21H16Cl2F3N3O4S. The Hall–Kier alpha value is -2.57. The van der Waals surface area contributed by atoms with Crippen molar-refractivity contribution in [3.63, 3.8) is 0 Å². The Balaban J connectivity index is 2.03. The number of alkyl halides is 3. The minimum absolute atomic E-state index is 0.0388. The summed E-state index contributed by atoms with van der Waals surface area (Å²) in [5, 5.41) is -0.584. The summed E-state index contributed by atoms with van der Waals surface area (Å²) in [4.78, 5) is 20.4. The fourth-order valence-electron chi connectivity index (χ4n) is 3.00. The van der Waals surface area contributed by atoms with Crippen molar-refractivity contribution in [2.75, 3.05) is 7.11 Å². The molecule has 2 heterocycles. The zero-order chi connectivity index (χ0) is 25.3. The van der Waals surface area contributed by atoms with Gasteiger partial charge in [0.1, 0.15) is 11.9 Å². The van der Waals surface area contributed by atoms with E-state index in [2.05, 4.69) is 14.7 Å². The van der Waals surface area contributed by atoms with E-state index in [-0.39, 0.29) is 21.8 Å². The molecule has 1 N–H and O–H groups in total. The lowest BCUT2D eigenvalue weighted by molar-refractivity contribution is -0.137. The number of hydrogen-bond donors (Lipinski definition) is 1. The van der Waals surface area contributed by atoms with Crippen LogP contribution in [0, 0.1) is 6.92 Å². The number of sulfonamides is 1. The highest BCUT2D eigenvalue weighted by Crippen LogP contribution is 2.36. The molecule has 0 fully saturated rings. The van der Waals surface area contributed by atoms with Crippen molar-refractivity contribution >= 4 is 39.0 Å². The number of rotatable bonds is 7. The summed E-state index contributed by atoms with van der Waals surface area (Å²) in [5.41, 5.74) is -0.735. The number of carbonyl (C=O) groups excluding carboxylic acids is 1. The molecule has 0 radical (unpaired) electrons. The maximum Gasteiger partial charge on any atom is 0.417 e. The summed E-state index contributed by atoms with van der Waals surface area (Å²) < 4.78 is 72.7. The second kappa shape index (κ2) is 9.96. The fourth-order valence-corrected chi connectivity index (χ4v) is 4.56. The minimum Gasteiger partial charge on any atom is -0.361 e. The zero-order valence-electron chi connectivity index (χ0n) is 17.5. The standard InChI is InChI=1S/C21H16Cl2F3N3O4S/c1-11-7-12(5-6-27-11)19(30)18-15(8-13(22)10-28-18)20(33-2)29-34(31,32)14-3-4-17(23)16(9-14)21(24,25)26/h3-10,20,29H,1-2H3. The molecule has 13 heteroatoms. The number of ether oxygens (including phenoxy) is 1. The third kappa shape index (κ3) is 5.73. The Bertz CT molecular complexity index is 1350. The molecule has 0 saturated heterocycles. The van der Waals surface area contributed by atoms with Gasteiger partial charge in [-0.3, -0.25) is 14.8 Å². The summed E-state index contributed by atoms with van der Waals surface area (Å²) in [6.07, 6.45) is -3.76. The molecular weight excluding hydrogens is 518 g/mol. The molecule has 0 aliphatic rings. The van der Waals surface area contributed by atoms with Gasteiger partial charge in [-0.05, 0) is 43.3 Å². The number of halogens is 5. The van der Waals surface area contributed by atoms with Crippen molar-refractivity contribution in [2.45, 2.75) is 24.2 Å². The Labute approximate surface area is 202 Å². The van der Waals surface area contributed by atoms with Crippen LogP contribution in [0.25, 0.3) is 0 Å². The van der Waals surface area contributed by atoms with Gasteiger partial charge in [0.2, 0.25) is 15.8 Å². The van der Waals surface area contributed by atoms with Crippen LogP contribution in [0.4, 0.5) is 13.2 Å². The predicted octanol–water partition coefficient (Wildman–Crippen LogP) is 4.97. The third-order valence-electron chi connectivity index (χ3n) is 4.59. The normalized spacial score (nSPS) is 13.0. The number of hydrogen-bond acceptors (Lipinski definition) is 6. The number of nitrogens with zero attached hydrogens (tertiary/aromatic N) is 2. The number of aryl methyl sites for hydroxylation is 1. The molecule has 3 rings (SSSR count). The van der Waals surface area contributed by atoms with Gasteiger partial charge in [0.25, 0.3) is 0 Å². The van der Waals surface area contributed by atoms with Crippen LogP contribution in [0.15, 0.2) is 53.7 Å². The number of pyridine rings is 2. The first kappa shape index (κ1) is 26.0. The van der Waals surface area contributed by atoms with Crippen LogP contribution in [0.5, 0.6) is 0 Å². The second-order valence-electron chi connectivity index (χ2n) is 6.98. The molecule has 34 heavy (non-hydrogen) atoms. The van der Waals surface area contributed by atoms with Gasteiger partial charge in [-0.2, -0.15) is 17.9 Å². The summed E-state index contributed by atoms with van der Waals surface area (Å²) in [6, 6.07) is 6.38. The number of methoxy groups -OCH3 is 1. The van der Waals surface area contributed by atoms with Gasteiger partial charge >= 0.3 is 6.18 Å². The molecule has 0 bridgehead atoms. The SMILES string of the molecule is COC(NS(=O)(=O)c1ccc(Cl)c(C(F)(F)F)c1)c1cc(Cl)cnc1C(=O)c1ccnc(C)c1. The van der Waals surface area contributed by atoms with Gasteiger partial charge in [-0.15, -0.1) is 0 Å². The summed E-state index contributed by atoms with van der Waals surface area (Å²) in [6.45, 7) is 1.68. The van der Waals surface area contributed by atoms with Gasteiger partial charge in [-0.25, -0.2) is 8.42 Å². The molecule has 180 valence electrons. The maximum absolute atomic E-state index is 13.2. The molecule has 1 aromatic carbocycles. The highest BCUT2D eigenvalue weighted by Gasteiger charge is 2.35. The Morgan fingerprint density at radius 3 is 2.44 bits per heavy atom. The smallest absolute Gasteiger partial charge is 0.361 e. The first-order chi connectivity index (χ1) is 15.8. The average Bonchev–Trinajstić information content (AvgIpc) is 2.76. The van der Waals surface area contributed by atoms with Gasteiger partial charge in [0.05, 0.1) is 20.5 Å². The predicted molar refractivity (Wildman–Crippen MR) is 118 cm³/mol. The van der Waals surface area contributed by atoms with Crippen LogP contribution in [-0.2, 0) is 20.9 Å². The molecule has 1 atom stereocenters. The summed E-state index contributed by atoms with van der Waals surface area (Å²) >= 11 is 11.6. The largest absolute Gasteiger partial charge is 0.417 e. The zero-order valence-corrected chi connectivity index (χ0v) is 19.8. The first-order valence-corrected chi connectivity index (χ1v) is 11.6. The number of carbonyl (C=O) groups is 1. The third-order valence-corrected chi connectivity index (χ3v) is 6.53. The fraction of sp³-hybridized carbons (Fsp3) is 0.190. The van der Waals surface area contributed by atoms with Crippen LogP contribution in [0.2, 0.25) is 10.0 Å². The van der Waals surface area contributed by atoms with E-state index in [4.69, 9.17) is 27.9 Å². The minimum atomic E-state index is -4.87. The quantitative estimate of drug-likeness (QED) is 0.340. The topological polar surface area (TPSA) is 98.2 Å². The molecule has 0 aliphatic heterocycles. The highest BCUT2D eigenvalue weighted by atomic mass is 35.5. The summed E-state index contributed by atoms with van der Waals surface area (Å²) in [5.74, 6) is -0.565. The van der Waals surface area contributed by atoms with Crippen molar-refractivity contribution in [1.29, 1.82) is 0 Å². The van der Waals surface area contributed by atoms with E-state index >= 15 is 0 Å². The van der Waals surface area contributed by atoms with Gasteiger partial charge in [0, 0.05) is 36.3 Å². The van der Waals surface area contributed by atoms with Crippen LogP contribution >= 0.6 is 23.2 Å². The van der Waals surface area contributed by atoms with E-state index in [0.29, 0.717) is 11.8 Å². The molecule has 0 amide bonds. The Morgan fingerprint density at radius 1 is 1.12 bits per heavy atom. The van der Waals surface area contributed by atoms with Crippen molar-refractivity contribution in [1.82, 2.24) is 14.7 Å². The van der Waals surface area contributed by atoms with Crippen molar-refractivity contribution in [3.8, 4) is 0 Å². The molecule has 1 unspecified atom stereocenters. The number of ketones is 1. The van der Waals surface area contributed by atoms with E-state index in [1.807, 2.05) is 0 Å². The van der Waals surface area contributed by atoms with E-state index < -0.39 is 43.7 Å². The molecule has 3 aromatic rings.